The van der Waals surface area contributed by atoms with Gasteiger partial charge in [0.05, 0.1) is 5.56 Å². The highest BCUT2D eigenvalue weighted by atomic mass is 28.3. The Morgan fingerprint density at radius 1 is 1.07 bits per heavy atom. The van der Waals surface area contributed by atoms with Gasteiger partial charge >= 0.3 is 0 Å². The molecule has 1 aromatic rings. The number of rotatable bonds is 10. The maximum absolute atomic E-state index is 13.9. The monoisotopic (exact) mass is 400 g/mol. The van der Waals surface area contributed by atoms with Crippen LogP contribution in [0, 0.1) is 17.6 Å². The highest BCUT2D eigenvalue weighted by molar-refractivity contribution is 6.58. The average molecular weight is 401 g/mol. The van der Waals surface area contributed by atoms with Gasteiger partial charge in [0, 0.05) is 8.80 Å². The van der Waals surface area contributed by atoms with Crippen molar-refractivity contribution in [2.75, 3.05) is 0 Å². The molecule has 1 fully saturated rings. The summed E-state index contributed by atoms with van der Waals surface area (Å²) in [7, 11) is -0.557. The molecule has 1 aliphatic heterocycles. The van der Waals surface area contributed by atoms with Gasteiger partial charge in [0.25, 0.3) is 0 Å². The van der Waals surface area contributed by atoms with Crippen LogP contribution in [-0.4, -0.2) is 8.80 Å². The van der Waals surface area contributed by atoms with Gasteiger partial charge < -0.3 is 0 Å². The van der Waals surface area contributed by atoms with Gasteiger partial charge in [-0.1, -0.05) is 70.0 Å². The molecule has 0 unspecified atom stereocenters. The third-order valence-corrected chi connectivity index (χ3v) is 9.48. The number of halogens is 4. The predicted molar refractivity (Wildman–Crippen MR) is 108 cm³/mol. The lowest BCUT2D eigenvalue weighted by atomic mass is 9.94. The Morgan fingerprint density at radius 2 is 1.70 bits per heavy atom. The minimum absolute atomic E-state index is 0.409. The molecule has 0 bridgehead atoms. The molecular weight excluding hydrogens is 368 g/mol. The largest absolute Gasteiger partial charge is 0.212 e. The van der Waals surface area contributed by atoms with E-state index in [1.807, 2.05) is 0 Å². The van der Waals surface area contributed by atoms with Crippen LogP contribution < -0.4 is 0 Å². The first kappa shape index (κ1) is 22.2. The first-order chi connectivity index (χ1) is 13.0. The zero-order valence-corrected chi connectivity index (χ0v) is 17.5. The quantitative estimate of drug-likeness (QED) is 0.214. The smallest absolute Gasteiger partial charge is 0.164 e. The molecule has 0 saturated carbocycles. The summed E-state index contributed by atoms with van der Waals surface area (Å²) in [5.41, 5.74) is -0.387. The standard InChI is InChI=1S/C22H32F4Si/c1-2-3-4-5-6-11-27-12-9-17(10-13-27)7-8-18-14-19(24)22(20(25)15-18)21(26)16-23/h14-17,27H,2-13H2,1H3. The van der Waals surface area contributed by atoms with Crippen molar-refractivity contribution in [1.29, 1.82) is 0 Å². The maximum Gasteiger partial charge on any atom is 0.164 e. The second-order valence-electron chi connectivity index (χ2n) is 8.02. The van der Waals surface area contributed by atoms with Crippen LogP contribution in [-0.2, 0) is 6.42 Å². The van der Waals surface area contributed by atoms with E-state index in [1.165, 1.54) is 63.1 Å². The lowest BCUT2D eigenvalue weighted by Gasteiger charge is -2.27. The molecule has 1 heterocycles. The third kappa shape index (κ3) is 7.09. The van der Waals surface area contributed by atoms with Gasteiger partial charge in [0.15, 0.2) is 5.83 Å². The van der Waals surface area contributed by atoms with Gasteiger partial charge in [0.1, 0.15) is 18.0 Å². The Kier molecular flexibility index (Phi) is 9.59. The molecule has 0 aromatic heterocycles. The fourth-order valence-electron chi connectivity index (χ4n) is 4.27. The molecule has 1 aromatic carbocycles. The van der Waals surface area contributed by atoms with Crippen LogP contribution in [0.3, 0.4) is 0 Å². The number of aryl methyl sites for hydroxylation is 1. The summed E-state index contributed by atoms with van der Waals surface area (Å²) >= 11 is 0. The number of hydrogen-bond donors (Lipinski definition) is 0. The van der Waals surface area contributed by atoms with Crippen molar-refractivity contribution in [3.05, 3.63) is 41.2 Å². The van der Waals surface area contributed by atoms with Crippen LogP contribution in [0.5, 0.6) is 0 Å². The molecule has 0 radical (unpaired) electrons. The Morgan fingerprint density at radius 3 is 2.30 bits per heavy atom. The molecule has 152 valence electrons. The van der Waals surface area contributed by atoms with Crippen molar-refractivity contribution < 1.29 is 17.6 Å². The summed E-state index contributed by atoms with van der Waals surface area (Å²) in [6.07, 6.45) is 10.4. The lowest BCUT2D eigenvalue weighted by Crippen LogP contribution is -2.21. The van der Waals surface area contributed by atoms with Crippen LogP contribution in [0.1, 0.15) is 69.4 Å². The highest BCUT2D eigenvalue weighted by Crippen LogP contribution is 2.32. The fourth-order valence-corrected chi connectivity index (χ4v) is 7.89. The van der Waals surface area contributed by atoms with Crippen LogP contribution in [0.15, 0.2) is 18.5 Å². The van der Waals surface area contributed by atoms with Crippen molar-refractivity contribution in [2.45, 2.75) is 82.8 Å². The van der Waals surface area contributed by atoms with Crippen molar-refractivity contribution >= 4 is 14.6 Å². The topological polar surface area (TPSA) is 0 Å². The fraction of sp³-hybridized carbons (Fsp3) is 0.636. The van der Waals surface area contributed by atoms with E-state index in [0.717, 1.165) is 18.6 Å². The van der Waals surface area contributed by atoms with E-state index < -0.39 is 38.2 Å². The second kappa shape index (κ2) is 11.7. The van der Waals surface area contributed by atoms with E-state index in [-0.39, 0.29) is 0 Å². The summed E-state index contributed by atoms with van der Waals surface area (Å²) in [5.74, 6) is -2.94. The van der Waals surface area contributed by atoms with E-state index in [0.29, 0.717) is 17.9 Å². The third-order valence-electron chi connectivity index (χ3n) is 5.96. The second-order valence-corrected chi connectivity index (χ2v) is 11.5. The van der Waals surface area contributed by atoms with E-state index in [2.05, 4.69) is 6.92 Å². The van der Waals surface area contributed by atoms with E-state index in [1.54, 1.807) is 0 Å². The molecule has 0 nitrogen and oxygen atoms in total. The molecule has 0 aliphatic carbocycles. The molecule has 1 aliphatic rings. The van der Waals surface area contributed by atoms with Gasteiger partial charge in [-0.15, -0.1) is 0 Å². The lowest BCUT2D eigenvalue weighted by molar-refractivity contribution is 0.435. The van der Waals surface area contributed by atoms with Crippen molar-refractivity contribution in [2.24, 2.45) is 5.92 Å². The van der Waals surface area contributed by atoms with Crippen molar-refractivity contribution in [1.82, 2.24) is 0 Å². The Labute approximate surface area is 162 Å². The highest BCUT2D eigenvalue weighted by Gasteiger charge is 2.22. The summed E-state index contributed by atoms with van der Waals surface area (Å²) < 4.78 is 53.2. The Bertz CT molecular complexity index is 583. The first-order valence-corrected chi connectivity index (χ1v) is 12.9. The summed E-state index contributed by atoms with van der Waals surface area (Å²) in [4.78, 5) is 0. The molecule has 0 N–H and O–H groups in total. The van der Waals surface area contributed by atoms with E-state index >= 15 is 0 Å². The minimum Gasteiger partial charge on any atom is -0.212 e. The molecule has 0 amide bonds. The minimum atomic E-state index is -1.51. The predicted octanol–water partition coefficient (Wildman–Crippen LogP) is 7.74. The summed E-state index contributed by atoms with van der Waals surface area (Å²) in [6, 6.07) is 6.54. The van der Waals surface area contributed by atoms with E-state index in [4.69, 9.17) is 0 Å². The van der Waals surface area contributed by atoms with Gasteiger partial charge in [-0.25, -0.2) is 17.6 Å². The molecule has 5 heteroatoms. The average Bonchev–Trinajstić information content (AvgIpc) is 2.66. The molecule has 27 heavy (non-hydrogen) atoms. The van der Waals surface area contributed by atoms with Crippen molar-refractivity contribution in [3.8, 4) is 0 Å². The van der Waals surface area contributed by atoms with Crippen LogP contribution in [0.25, 0.3) is 5.83 Å². The zero-order valence-electron chi connectivity index (χ0n) is 16.4. The Balaban J connectivity index is 1.74. The number of hydrogen-bond acceptors (Lipinski definition) is 0. The Hall–Kier alpha value is -1.10. The molecule has 2 rings (SSSR count). The molecule has 0 spiro atoms. The molecule has 1 saturated heterocycles. The van der Waals surface area contributed by atoms with Crippen LogP contribution in [0.4, 0.5) is 17.6 Å². The summed E-state index contributed by atoms with van der Waals surface area (Å²) in [5, 5.41) is 0. The number of unbranched alkanes of at least 4 members (excludes halogenated alkanes) is 4. The van der Waals surface area contributed by atoms with Gasteiger partial charge in [-0.2, -0.15) is 0 Å². The summed E-state index contributed by atoms with van der Waals surface area (Å²) in [6.45, 7) is 2.24. The first-order valence-electron chi connectivity index (χ1n) is 10.5. The number of benzene rings is 1. The van der Waals surface area contributed by atoms with Crippen molar-refractivity contribution in [3.63, 3.8) is 0 Å². The van der Waals surface area contributed by atoms with Crippen LogP contribution >= 0.6 is 0 Å². The molecule has 0 atom stereocenters. The normalized spacial score (nSPS) is 20.9. The SMILES string of the molecule is CCCCCCC[SiH]1CCC(CCc2cc(F)c(C(F)=CF)c(F)c2)CC1. The van der Waals surface area contributed by atoms with Gasteiger partial charge in [-0.05, 0) is 36.5 Å². The maximum atomic E-state index is 13.9. The van der Waals surface area contributed by atoms with Crippen LogP contribution in [0.2, 0.25) is 18.1 Å². The molecular formula is C22H32F4Si. The van der Waals surface area contributed by atoms with Gasteiger partial charge in [0.2, 0.25) is 0 Å². The van der Waals surface area contributed by atoms with E-state index in [9.17, 15) is 17.6 Å². The zero-order chi connectivity index (χ0) is 19.6. The van der Waals surface area contributed by atoms with Gasteiger partial charge in [-0.3, -0.25) is 0 Å².